The Labute approximate surface area is 84.1 Å². The lowest BCUT2D eigenvalue weighted by atomic mass is 10.2. The van der Waals surface area contributed by atoms with Gasteiger partial charge in [-0.25, -0.2) is 0 Å². The first-order chi connectivity index (χ1) is 5.86. The van der Waals surface area contributed by atoms with E-state index in [1.807, 2.05) is 0 Å². The van der Waals surface area contributed by atoms with Gasteiger partial charge in [-0.1, -0.05) is 0 Å². The van der Waals surface area contributed by atoms with Gasteiger partial charge in [0.05, 0.1) is 10.4 Å². The minimum absolute atomic E-state index is 0.259. The molecule has 0 radical (unpaired) electrons. The Balaban J connectivity index is 2.08. The number of ether oxygens (including phenoxy) is 1. The van der Waals surface area contributed by atoms with Gasteiger partial charge in [0.1, 0.15) is 6.10 Å². The standard InChI is InChI=1S/C8H10BrNOS/c9-8-2-1-7(12-8)6-5-10-3-4-11-6/h1-2,6,10H,3-5H2. The van der Waals surface area contributed by atoms with E-state index in [4.69, 9.17) is 4.74 Å². The highest BCUT2D eigenvalue weighted by Gasteiger charge is 2.16. The summed E-state index contributed by atoms with van der Waals surface area (Å²) in [5, 5.41) is 3.31. The number of hydrogen-bond donors (Lipinski definition) is 1. The lowest BCUT2D eigenvalue weighted by Gasteiger charge is -2.22. The minimum atomic E-state index is 0.259. The van der Waals surface area contributed by atoms with Crippen molar-refractivity contribution in [2.24, 2.45) is 0 Å². The Morgan fingerprint density at radius 1 is 1.58 bits per heavy atom. The van der Waals surface area contributed by atoms with Gasteiger partial charge in [-0.05, 0) is 28.1 Å². The van der Waals surface area contributed by atoms with E-state index in [9.17, 15) is 0 Å². The van der Waals surface area contributed by atoms with Crippen LogP contribution in [0.5, 0.6) is 0 Å². The summed E-state index contributed by atoms with van der Waals surface area (Å²) in [6.07, 6.45) is 0.259. The third-order valence-electron chi connectivity index (χ3n) is 1.84. The normalized spacial score (nSPS) is 24.2. The smallest absolute Gasteiger partial charge is 0.104 e. The average molecular weight is 248 g/mol. The Morgan fingerprint density at radius 2 is 2.50 bits per heavy atom. The lowest BCUT2D eigenvalue weighted by Crippen LogP contribution is -2.32. The molecule has 2 heterocycles. The SMILES string of the molecule is Brc1ccc(C2CNCCO2)s1. The molecule has 0 bridgehead atoms. The zero-order chi connectivity index (χ0) is 8.39. The van der Waals surface area contributed by atoms with Crippen LogP contribution in [0.2, 0.25) is 0 Å². The first-order valence-corrected chi connectivity index (χ1v) is 5.55. The molecule has 1 aliphatic rings. The number of nitrogens with one attached hydrogen (secondary N) is 1. The Kier molecular flexibility index (Phi) is 2.80. The van der Waals surface area contributed by atoms with Crippen molar-refractivity contribution in [1.29, 1.82) is 0 Å². The number of halogens is 1. The molecule has 0 spiro atoms. The molecule has 1 atom stereocenters. The minimum Gasteiger partial charge on any atom is -0.370 e. The topological polar surface area (TPSA) is 21.3 Å². The molecule has 1 aromatic heterocycles. The van der Waals surface area contributed by atoms with E-state index in [1.165, 1.54) is 8.66 Å². The molecular formula is C8H10BrNOS. The predicted octanol–water partition coefficient (Wildman–Crippen LogP) is 2.17. The molecule has 1 unspecified atom stereocenters. The fourth-order valence-corrected chi connectivity index (χ4v) is 2.72. The molecule has 2 rings (SSSR count). The van der Waals surface area contributed by atoms with Gasteiger partial charge in [-0.3, -0.25) is 0 Å². The molecule has 12 heavy (non-hydrogen) atoms. The first-order valence-electron chi connectivity index (χ1n) is 3.94. The molecule has 1 N–H and O–H groups in total. The molecule has 0 amide bonds. The summed E-state index contributed by atoms with van der Waals surface area (Å²) in [4.78, 5) is 1.30. The monoisotopic (exact) mass is 247 g/mol. The molecule has 0 saturated carbocycles. The molecule has 66 valence electrons. The van der Waals surface area contributed by atoms with Gasteiger partial charge in [-0.15, -0.1) is 11.3 Å². The van der Waals surface area contributed by atoms with Crippen molar-refractivity contribution in [3.8, 4) is 0 Å². The van der Waals surface area contributed by atoms with Crippen molar-refractivity contribution in [2.75, 3.05) is 19.7 Å². The zero-order valence-corrected chi connectivity index (χ0v) is 8.95. The van der Waals surface area contributed by atoms with Gasteiger partial charge >= 0.3 is 0 Å². The quantitative estimate of drug-likeness (QED) is 0.822. The van der Waals surface area contributed by atoms with Crippen LogP contribution in [-0.2, 0) is 4.74 Å². The Hall–Kier alpha value is 0.1000. The molecule has 0 aliphatic carbocycles. The van der Waals surface area contributed by atoms with E-state index in [2.05, 4.69) is 33.4 Å². The van der Waals surface area contributed by atoms with E-state index in [0.717, 1.165) is 19.7 Å². The Morgan fingerprint density at radius 3 is 3.08 bits per heavy atom. The van der Waals surface area contributed by atoms with Gasteiger partial charge in [0.25, 0.3) is 0 Å². The van der Waals surface area contributed by atoms with Crippen LogP contribution in [0.4, 0.5) is 0 Å². The second-order valence-corrected chi connectivity index (χ2v) is 5.20. The largest absolute Gasteiger partial charge is 0.370 e. The van der Waals surface area contributed by atoms with Gasteiger partial charge in [0.15, 0.2) is 0 Å². The lowest BCUT2D eigenvalue weighted by molar-refractivity contribution is 0.0299. The van der Waals surface area contributed by atoms with Gasteiger partial charge in [0.2, 0.25) is 0 Å². The number of rotatable bonds is 1. The predicted molar refractivity (Wildman–Crippen MR) is 53.6 cm³/mol. The summed E-state index contributed by atoms with van der Waals surface area (Å²) in [6, 6.07) is 4.18. The van der Waals surface area contributed by atoms with Crippen LogP contribution >= 0.6 is 27.3 Å². The maximum Gasteiger partial charge on any atom is 0.104 e. The van der Waals surface area contributed by atoms with Crippen LogP contribution in [0.3, 0.4) is 0 Å². The van der Waals surface area contributed by atoms with E-state index < -0.39 is 0 Å². The fourth-order valence-electron chi connectivity index (χ4n) is 1.25. The molecule has 4 heteroatoms. The van der Waals surface area contributed by atoms with E-state index in [1.54, 1.807) is 11.3 Å². The summed E-state index contributed by atoms with van der Waals surface area (Å²) in [6.45, 7) is 2.73. The molecule has 1 aromatic rings. The van der Waals surface area contributed by atoms with Gasteiger partial charge in [0, 0.05) is 18.0 Å². The first kappa shape index (κ1) is 8.69. The molecule has 1 aliphatic heterocycles. The third-order valence-corrected chi connectivity index (χ3v) is 3.55. The summed E-state index contributed by atoms with van der Waals surface area (Å²) in [7, 11) is 0. The van der Waals surface area contributed by atoms with E-state index >= 15 is 0 Å². The van der Waals surface area contributed by atoms with Crippen molar-refractivity contribution in [3.05, 3.63) is 20.8 Å². The van der Waals surface area contributed by atoms with Crippen LogP contribution < -0.4 is 5.32 Å². The maximum atomic E-state index is 5.60. The molecule has 0 aromatic carbocycles. The average Bonchev–Trinajstić information content (AvgIpc) is 2.54. The van der Waals surface area contributed by atoms with Crippen molar-refractivity contribution >= 4 is 27.3 Å². The highest BCUT2D eigenvalue weighted by atomic mass is 79.9. The third kappa shape index (κ3) is 1.88. The summed E-state index contributed by atoms with van der Waals surface area (Å²) in [5.74, 6) is 0. The Bertz CT molecular complexity index is 257. The summed E-state index contributed by atoms with van der Waals surface area (Å²) >= 11 is 5.19. The molecule has 1 saturated heterocycles. The van der Waals surface area contributed by atoms with Gasteiger partial charge in [-0.2, -0.15) is 0 Å². The van der Waals surface area contributed by atoms with Crippen molar-refractivity contribution in [2.45, 2.75) is 6.10 Å². The summed E-state index contributed by atoms with van der Waals surface area (Å²) < 4.78 is 6.78. The molecular weight excluding hydrogens is 238 g/mol. The van der Waals surface area contributed by atoms with Crippen molar-refractivity contribution in [3.63, 3.8) is 0 Å². The van der Waals surface area contributed by atoms with Crippen LogP contribution in [-0.4, -0.2) is 19.7 Å². The van der Waals surface area contributed by atoms with Crippen molar-refractivity contribution in [1.82, 2.24) is 5.32 Å². The van der Waals surface area contributed by atoms with Crippen LogP contribution in [0.15, 0.2) is 15.9 Å². The molecule has 2 nitrogen and oxygen atoms in total. The second kappa shape index (κ2) is 3.87. The van der Waals surface area contributed by atoms with Crippen LogP contribution in [0.1, 0.15) is 11.0 Å². The van der Waals surface area contributed by atoms with E-state index in [-0.39, 0.29) is 6.10 Å². The number of morpholine rings is 1. The zero-order valence-electron chi connectivity index (χ0n) is 6.55. The van der Waals surface area contributed by atoms with E-state index in [0.29, 0.717) is 0 Å². The number of thiophene rings is 1. The second-order valence-electron chi connectivity index (χ2n) is 2.71. The summed E-state index contributed by atoms with van der Waals surface area (Å²) in [5.41, 5.74) is 0. The van der Waals surface area contributed by atoms with Crippen LogP contribution in [0, 0.1) is 0 Å². The number of hydrogen-bond acceptors (Lipinski definition) is 3. The van der Waals surface area contributed by atoms with Gasteiger partial charge < -0.3 is 10.1 Å². The highest BCUT2D eigenvalue weighted by Crippen LogP contribution is 2.29. The van der Waals surface area contributed by atoms with Crippen LogP contribution in [0.25, 0.3) is 0 Å². The maximum absolute atomic E-state index is 5.60. The fraction of sp³-hybridized carbons (Fsp3) is 0.500. The van der Waals surface area contributed by atoms with Crippen molar-refractivity contribution < 1.29 is 4.74 Å². The highest BCUT2D eigenvalue weighted by molar-refractivity contribution is 9.11. The molecule has 1 fully saturated rings.